The molecule has 1 unspecified atom stereocenters. The summed E-state index contributed by atoms with van der Waals surface area (Å²) in [6.07, 6.45) is 3.21. The van der Waals surface area contributed by atoms with Gasteiger partial charge in [-0.3, -0.25) is 0 Å². The Labute approximate surface area is 118 Å². The molecular weight excluding hydrogens is 258 g/mol. The molecule has 1 aliphatic heterocycles. The highest BCUT2D eigenvalue weighted by Gasteiger charge is 2.25. The average Bonchev–Trinajstić information content (AvgIpc) is 2.83. The smallest absolute Gasteiger partial charge is 0.315 e. The minimum Gasteiger partial charge on any atom is -0.396 e. The Kier molecular flexibility index (Phi) is 4.94. The number of aliphatic hydroxyl groups is 1. The highest BCUT2D eigenvalue weighted by Crippen LogP contribution is 2.23. The third-order valence-electron chi connectivity index (χ3n) is 3.48. The molecule has 1 aromatic rings. The van der Waals surface area contributed by atoms with Crippen molar-refractivity contribution in [2.45, 2.75) is 58.2 Å². The first kappa shape index (κ1) is 14.8. The molecule has 1 aromatic heterocycles. The van der Waals surface area contributed by atoms with E-state index >= 15 is 0 Å². The highest BCUT2D eigenvalue weighted by molar-refractivity contribution is 5.74. The van der Waals surface area contributed by atoms with Gasteiger partial charge in [-0.2, -0.15) is 5.10 Å². The topological polar surface area (TPSA) is 92.1 Å². The minimum absolute atomic E-state index is 0.0485. The lowest BCUT2D eigenvalue weighted by Gasteiger charge is -2.24. The number of nitrogens with zero attached hydrogens (tertiary/aromatic N) is 3. The first-order valence-corrected chi connectivity index (χ1v) is 7.25. The van der Waals surface area contributed by atoms with Crippen molar-refractivity contribution in [3.05, 3.63) is 11.6 Å². The van der Waals surface area contributed by atoms with Crippen LogP contribution in [-0.4, -0.2) is 38.6 Å². The molecule has 2 rings (SSSR count). The maximum absolute atomic E-state index is 11.9. The standard InChI is InChI=1S/C13H23N5O2/c1-3-11-16-12-10(5-4-7-18(12)17-11)15-13(20)14-9(2)6-8-19/h9-10,19H,3-8H2,1-2H3,(H2,14,15,20)/t9-,10?/m1/s1. The van der Waals surface area contributed by atoms with E-state index < -0.39 is 0 Å². The maximum atomic E-state index is 11.9. The number of nitrogens with one attached hydrogen (secondary N) is 2. The third kappa shape index (κ3) is 3.47. The van der Waals surface area contributed by atoms with Crippen LogP contribution in [0.15, 0.2) is 0 Å². The maximum Gasteiger partial charge on any atom is 0.315 e. The minimum atomic E-state index is -0.217. The summed E-state index contributed by atoms with van der Waals surface area (Å²) in [6, 6.07) is -0.351. The number of aryl methyl sites for hydroxylation is 2. The molecule has 2 atom stereocenters. The van der Waals surface area contributed by atoms with E-state index in [1.54, 1.807) is 0 Å². The van der Waals surface area contributed by atoms with Crippen LogP contribution < -0.4 is 10.6 Å². The summed E-state index contributed by atoms with van der Waals surface area (Å²) in [7, 11) is 0. The SMILES string of the molecule is CCc1nc2n(n1)CCCC2NC(=O)N[C@H](C)CCO. The molecule has 20 heavy (non-hydrogen) atoms. The van der Waals surface area contributed by atoms with Gasteiger partial charge in [0.1, 0.15) is 5.82 Å². The van der Waals surface area contributed by atoms with Crippen LogP contribution in [0.3, 0.4) is 0 Å². The van der Waals surface area contributed by atoms with Gasteiger partial charge >= 0.3 is 6.03 Å². The van der Waals surface area contributed by atoms with Gasteiger partial charge < -0.3 is 15.7 Å². The van der Waals surface area contributed by atoms with Crippen molar-refractivity contribution >= 4 is 6.03 Å². The molecule has 2 amide bonds. The Morgan fingerprint density at radius 2 is 2.40 bits per heavy atom. The van der Waals surface area contributed by atoms with Crippen LogP contribution in [0.25, 0.3) is 0 Å². The van der Waals surface area contributed by atoms with Crippen LogP contribution >= 0.6 is 0 Å². The van der Waals surface area contributed by atoms with E-state index in [1.807, 2.05) is 18.5 Å². The van der Waals surface area contributed by atoms with E-state index in [-0.39, 0.29) is 24.7 Å². The fraction of sp³-hybridized carbons (Fsp3) is 0.769. The second-order valence-corrected chi connectivity index (χ2v) is 5.19. The van der Waals surface area contributed by atoms with Gasteiger partial charge in [-0.15, -0.1) is 0 Å². The number of rotatable bonds is 5. The fourth-order valence-electron chi connectivity index (χ4n) is 2.38. The molecule has 7 nitrogen and oxygen atoms in total. The normalized spacial score (nSPS) is 19.2. The van der Waals surface area contributed by atoms with Crippen molar-refractivity contribution in [2.75, 3.05) is 6.61 Å². The summed E-state index contributed by atoms with van der Waals surface area (Å²) in [5.74, 6) is 1.67. The van der Waals surface area contributed by atoms with Gasteiger partial charge in [0.2, 0.25) is 0 Å². The zero-order chi connectivity index (χ0) is 14.5. The number of carbonyl (C=O) groups is 1. The number of fused-ring (bicyclic) bond motifs is 1. The van der Waals surface area contributed by atoms with Gasteiger partial charge in [-0.1, -0.05) is 6.92 Å². The number of aliphatic hydroxyl groups excluding tert-OH is 1. The summed E-state index contributed by atoms with van der Waals surface area (Å²) in [5.41, 5.74) is 0. The van der Waals surface area contributed by atoms with Crippen LogP contribution in [0.2, 0.25) is 0 Å². The molecule has 1 aliphatic rings. The first-order valence-electron chi connectivity index (χ1n) is 7.25. The van der Waals surface area contributed by atoms with E-state index in [0.29, 0.717) is 6.42 Å². The zero-order valence-corrected chi connectivity index (χ0v) is 12.1. The Hall–Kier alpha value is -1.63. The molecular formula is C13H23N5O2. The molecule has 7 heteroatoms. The molecule has 0 spiro atoms. The predicted octanol–water partition coefficient (Wildman–Crippen LogP) is 0.745. The van der Waals surface area contributed by atoms with Crippen molar-refractivity contribution < 1.29 is 9.90 Å². The number of amides is 2. The van der Waals surface area contributed by atoms with Crippen LogP contribution in [0.1, 0.15) is 50.8 Å². The lowest BCUT2D eigenvalue weighted by molar-refractivity contribution is 0.224. The van der Waals surface area contributed by atoms with Gasteiger partial charge in [0.05, 0.1) is 6.04 Å². The van der Waals surface area contributed by atoms with E-state index in [1.165, 1.54) is 0 Å². The molecule has 3 N–H and O–H groups in total. The molecule has 0 bridgehead atoms. The van der Waals surface area contributed by atoms with E-state index in [2.05, 4.69) is 20.7 Å². The van der Waals surface area contributed by atoms with Crippen LogP contribution in [-0.2, 0) is 13.0 Å². The van der Waals surface area contributed by atoms with E-state index in [0.717, 1.165) is 37.5 Å². The van der Waals surface area contributed by atoms with Crippen molar-refractivity contribution in [3.63, 3.8) is 0 Å². The van der Waals surface area contributed by atoms with Crippen molar-refractivity contribution in [1.82, 2.24) is 25.4 Å². The molecule has 0 aliphatic carbocycles. The third-order valence-corrected chi connectivity index (χ3v) is 3.48. The number of aromatic nitrogens is 3. The second kappa shape index (κ2) is 6.69. The largest absolute Gasteiger partial charge is 0.396 e. The summed E-state index contributed by atoms with van der Waals surface area (Å²) < 4.78 is 1.89. The lowest BCUT2D eigenvalue weighted by Crippen LogP contribution is -2.44. The number of hydrogen-bond donors (Lipinski definition) is 3. The van der Waals surface area contributed by atoms with Gasteiger partial charge in [-0.05, 0) is 26.2 Å². The predicted molar refractivity (Wildman–Crippen MR) is 74.2 cm³/mol. The molecule has 0 fully saturated rings. The monoisotopic (exact) mass is 281 g/mol. The molecule has 112 valence electrons. The molecule has 2 heterocycles. The summed E-state index contributed by atoms with van der Waals surface area (Å²) >= 11 is 0. The van der Waals surface area contributed by atoms with Crippen molar-refractivity contribution in [3.8, 4) is 0 Å². The van der Waals surface area contributed by atoms with Crippen LogP contribution in [0, 0.1) is 0 Å². The Morgan fingerprint density at radius 1 is 1.60 bits per heavy atom. The fourth-order valence-corrected chi connectivity index (χ4v) is 2.38. The average molecular weight is 281 g/mol. The Bertz CT molecular complexity index is 460. The van der Waals surface area contributed by atoms with Gasteiger partial charge in [-0.25, -0.2) is 14.5 Å². The summed E-state index contributed by atoms with van der Waals surface area (Å²) in [5, 5.41) is 19.0. The number of hydrogen-bond acceptors (Lipinski definition) is 4. The molecule has 0 radical (unpaired) electrons. The van der Waals surface area contributed by atoms with Gasteiger partial charge in [0.25, 0.3) is 0 Å². The quantitative estimate of drug-likeness (QED) is 0.742. The van der Waals surface area contributed by atoms with Crippen LogP contribution in [0.5, 0.6) is 0 Å². The Balaban J connectivity index is 1.97. The van der Waals surface area contributed by atoms with Crippen molar-refractivity contribution in [1.29, 1.82) is 0 Å². The summed E-state index contributed by atoms with van der Waals surface area (Å²) in [4.78, 5) is 16.4. The van der Waals surface area contributed by atoms with Gasteiger partial charge in [0.15, 0.2) is 5.82 Å². The zero-order valence-electron chi connectivity index (χ0n) is 12.1. The van der Waals surface area contributed by atoms with E-state index in [4.69, 9.17) is 5.11 Å². The second-order valence-electron chi connectivity index (χ2n) is 5.19. The molecule has 0 saturated carbocycles. The number of carbonyl (C=O) groups excluding carboxylic acids is 1. The van der Waals surface area contributed by atoms with Crippen molar-refractivity contribution in [2.24, 2.45) is 0 Å². The molecule has 0 aromatic carbocycles. The molecule has 0 saturated heterocycles. The van der Waals surface area contributed by atoms with Crippen LogP contribution in [0.4, 0.5) is 4.79 Å². The highest BCUT2D eigenvalue weighted by atomic mass is 16.3. The van der Waals surface area contributed by atoms with Gasteiger partial charge in [0, 0.05) is 25.6 Å². The first-order chi connectivity index (χ1) is 9.63. The number of urea groups is 1. The Morgan fingerprint density at radius 3 is 3.10 bits per heavy atom. The lowest BCUT2D eigenvalue weighted by atomic mass is 10.1. The van der Waals surface area contributed by atoms with E-state index in [9.17, 15) is 4.79 Å². The summed E-state index contributed by atoms with van der Waals surface area (Å²) in [6.45, 7) is 4.82.